The van der Waals surface area contributed by atoms with Crippen LogP contribution in [-0.4, -0.2) is 36.1 Å². The molecule has 2 aromatic rings. The first-order valence-corrected chi connectivity index (χ1v) is 9.21. The van der Waals surface area contributed by atoms with Crippen LogP contribution in [0.25, 0.3) is 0 Å². The molecule has 0 unspecified atom stereocenters. The molecule has 1 aliphatic carbocycles. The van der Waals surface area contributed by atoms with Crippen LogP contribution in [0.15, 0.2) is 41.0 Å². The number of aryl methyl sites for hydroxylation is 2. The van der Waals surface area contributed by atoms with Crippen molar-refractivity contribution >= 4 is 17.6 Å². The van der Waals surface area contributed by atoms with Gasteiger partial charge in [0.1, 0.15) is 5.76 Å². The van der Waals surface area contributed by atoms with Gasteiger partial charge in [-0.25, -0.2) is 0 Å². The molecule has 1 N–H and O–H groups in total. The molecule has 0 fully saturated rings. The fourth-order valence-corrected chi connectivity index (χ4v) is 3.26. The lowest BCUT2D eigenvalue weighted by Gasteiger charge is -2.16. The smallest absolute Gasteiger partial charge is 0.239 e. The van der Waals surface area contributed by atoms with Crippen molar-refractivity contribution < 1.29 is 18.8 Å². The first kappa shape index (κ1) is 18.9. The van der Waals surface area contributed by atoms with Gasteiger partial charge in [-0.1, -0.05) is 12.1 Å². The Bertz CT molecular complexity index is 827. The summed E-state index contributed by atoms with van der Waals surface area (Å²) in [7, 11) is 1.56. The number of carbonyl (C=O) groups is 3. The third kappa shape index (κ3) is 5.06. The molecule has 0 bridgehead atoms. The highest BCUT2D eigenvalue weighted by Gasteiger charge is 2.17. The van der Waals surface area contributed by atoms with E-state index in [1.807, 2.05) is 18.2 Å². The van der Waals surface area contributed by atoms with Gasteiger partial charge in [0.05, 0.1) is 19.4 Å². The molecule has 1 heterocycles. The molecule has 1 aliphatic rings. The number of carbonyl (C=O) groups excluding carboxylic acids is 3. The largest absolute Gasteiger partial charge is 0.467 e. The Morgan fingerprint density at radius 2 is 1.93 bits per heavy atom. The van der Waals surface area contributed by atoms with Gasteiger partial charge in [-0.05, 0) is 48.6 Å². The summed E-state index contributed by atoms with van der Waals surface area (Å²) >= 11 is 0. The number of hydrogen-bond donors (Lipinski definition) is 1. The molecule has 3 rings (SSSR count). The van der Waals surface area contributed by atoms with Crippen LogP contribution in [-0.2, 0) is 29.0 Å². The van der Waals surface area contributed by atoms with Gasteiger partial charge in [-0.3, -0.25) is 14.4 Å². The maximum atomic E-state index is 12.4. The van der Waals surface area contributed by atoms with Crippen molar-refractivity contribution in [1.82, 2.24) is 10.2 Å². The van der Waals surface area contributed by atoms with Crippen molar-refractivity contribution in [3.05, 3.63) is 59.0 Å². The monoisotopic (exact) mass is 368 g/mol. The molecule has 0 spiro atoms. The summed E-state index contributed by atoms with van der Waals surface area (Å²) in [6, 6.07) is 9.34. The minimum Gasteiger partial charge on any atom is -0.467 e. The Labute approximate surface area is 158 Å². The SMILES string of the molecule is CN(CC(=O)NCc1ccco1)C(=O)CCC(=O)c1ccc2c(c1)CCC2. The van der Waals surface area contributed by atoms with Gasteiger partial charge in [-0.15, -0.1) is 0 Å². The van der Waals surface area contributed by atoms with Crippen molar-refractivity contribution in [2.45, 2.75) is 38.6 Å². The van der Waals surface area contributed by atoms with E-state index >= 15 is 0 Å². The first-order valence-electron chi connectivity index (χ1n) is 9.21. The van der Waals surface area contributed by atoms with Crippen molar-refractivity contribution in [3.8, 4) is 0 Å². The van der Waals surface area contributed by atoms with Crippen LogP contribution in [0.5, 0.6) is 0 Å². The number of nitrogens with one attached hydrogen (secondary N) is 1. The van der Waals surface area contributed by atoms with Gasteiger partial charge in [0.25, 0.3) is 0 Å². The van der Waals surface area contributed by atoms with E-state index in [-0.39, 0.29) is 43.5 Å². The summed E-state index contributed by atoms with van der Waals surface area (Å²) < 4.78 is 5.14. The number of fused-ring (bicyclic) bond motifs is 1. The standard InChI is InChI=1S/C21H24N2O4/c1-23(14-20(25)22-13-18-6-3-11-27-18)21(26)10-9-19(24)17-8-7-15-4-2-5-16(15)12-17/h3,6-8,11-12H,2,4-5,9-10,13-14H2,1H3,(H,22,25). The number of likely N-dealkylation sites (N-methyl/N-ethyl adjacent to an activating group) is 1. The Balaban J connectivity index is 1.42. The van der Waals surface area contributed by atoms with E-state index in [0.717, 1.165) is 19.3 Å². The average molecular weight is 368 g/mol. The molecule has 27 heavy (non-hydrogen) atoms. The Kier molecular flexibility index (Phi) is 6.06. The number of ketones is 1. The third-order valence-corrected chi connectivity index (χ3v) is 4.83. The summed E-state index contributed by atoms with van der Waals surface area (Å²) in [5.74, 6) is 0.121. The number of furan rings is 1. The summed E-state index contributed by atoms with van der Waals surface area (Å²) in [6.07, 6.45) is 5.02. The molecule has 0 atom stereocenters. The van der Waals surface area contributed by atoms with Gasteiger partial charge in [0, 0.05) is 25.5 Å². The van der Waals surface area contributed by atoms with E-state index in [1.54, 1.807) is 19.2 Å². The lowest BCUT2D eigenvalue weighted by atomic mass is 10.0. The van der Waals surface area contributed by atoms with Gasteiger partial charge >= 0.3 is 0 Å². The van der Waals surface area contributed by atoms with Crippen molar-refractivity contribution in [3.63, 3.8) is 0 Å². The molecule has 0 saturated carbocycles. The Morgan fingerprint density at radius 3 is 2.70 bits per heavy atom. The molecule has 142 valence electrons. The van der Waals surface area contributed by atoms with Crippen molar-refractivity contribution in [2.75, 3.05) is 13.6 Å². The van der Waals surface area contributed by atoms with E-state index in [4.69, 9.17) is 4.42 Å². The Hall–Kier alpha value is -2.89. The van der Waals surface area contributed by atoms with Gasteiger partial charge in [0.2, 0.25) is 11.8 Å². The molecular formula is C21H24N2O4. The highest BCUT2D eigenvalue weighted by molar-refractivity contribution is 5.98. The minimum absolute atomic E-state index is 0.0336. The summed E-state index contributed by atoms with van der Waals surface area (Å²) in [6.45, 7) is 0.233. The first-order chi connectivity index (χ1) is 13.0. The van der Waals surface area contributed by atoms with E-state index in [9.17, 15) is 14.4 Å². The van der Waals surface area contributed by atoms with Gasteiger partial charge < -0.3 is 14.6 Å². The van der Waals surface area contributed by atoms with E-state index in [1.165, 1.54) is 22.3 Å². The predicted molar refractivity (Wildman–Crippen MR) is 100 cm³/mol. The molecule has 1 aromatic heterocycles. The van der Waals surface area contributed by atoms with Gasteiger partial charge in [0.15, 0.2) is 5.78 Å². The summed E-state index contributed by atoms with van der Waals surface area (Å²) in [5, 5.41) is 2.69. The number of nitrogens with zero attached hydrogens (tertiary/aromatic N) is 1. The normalized spacial score (nSPS) is 12.5. The zero-order valence-electron chi connectivity index (χ0n) is 15.5. The summed E-state index contributed by atoms with van der Waals surface area (Å²) in [5.41, 5.74) is 3.24. The van der Waals surface area contributed by atoms with E-state index in [0.29, 0.717) is 11.3 Å². The van der Waals surface area contributed by atoms with Crippen LogP contribution in [0.1, 0.15) is 46.5 Å². The average Bonchev–Trinajstić information content (AvgIpc) is 3.34. The van der Waals surface area contributed by atoms with E-state index in [2.05, 4.69) is 5.32 Å². The lowest BCUT2D eigenvalue weighted by molar-refractivity contribution is -0.134. The molecule has 0 aliphatic heterocycles. The minimum atomic E-state index is -0.271. The highest BCUT2D eigenvalue weighted by atomic mass is 16.3. The summed E-state index contributed by atoms with van der Waals surface area (Å²) in [4.78, 5) is 37.8. The number of Topliss-reactive ketones (excluding diaryl/α,β-unsaturated/α-hetero) is 1. The molecule has 1 aromatic carbocycles. The fraction of sp³-hybridized carbons (Fsp3) is 0.381. The Morgan fingerprint density at radius 1 is 1.11 bits per heavy atom. The molecular weight excluding hydrogens is 344 g/mol. The second-order valence-corrected chi connectivity index (χ2v) is 6.87. The van der Waals surface area contributed by atoms with Crippen molar-refractivity contribution in [1.29, 1.82) is 0 Å². The number of rotatable bonds is 8. The quantitative estimate of drug-likeness (QED) is 0.726. The number of amides is 2. The van der Waals surface area contributed by atoms with Crippen LogP contribution in [0.4, 0.5) is 0 Å². The maximum absolute atomic E-state index is 12.4. The van der Waals surface area contributed by atoms with Crippen LogP contribution in [0, 0.1) is 0 Å². The number of benzene rings is 1. The molecule has 0 saturated heterocycles. The van der Waals surface area contributed by atoms with Gasteiger partial charge in [-0.2, -0.15) is 0 Å². The van der Waals surface area contributed by atoms with Crippen LogP contribution in [0.2, 0.25) is 0 Å². The predicted octanol–water partition coefficient (Wildman–Crippen LogP) is 2.51. The highest BCUT2D eigenvalue weighted by Crippen LogP contribution is 2.23. The molecule has 6 nitrogen and oxygen atoms in total. The second-order valence-electron chi connectivity index (χ2n) is 6.87. The molecule has 2 amide bonds. The fourth-order valence-electron chi connectivity index (χ4n) is 3.26. The van der Waals surface area contributed by atoms with Crippen LogP contribution >= 0.6 is 0 Å². The topological polar surface area (TPSA) is 79.6 Å². The zero-order chi connectivity index (χ0) is 19.2. The number of hydrogen-bond acceptors (Lipinski definition) is 4. The second kappa shape index (κ2) is 8.66. The third-order valence-electron chi connectivity index (χ3n) is 4.83. The van der Waals surface area contributed by atoms with Crippen molar-refractivity contribution in [2.24, 2.45) is 0 Å². The molecule has 6 heteroatoms. The molecule has 0 radical (unpaired) electrons. The van der Waals surface area contributed by atoms with Crippen LogP contribution in [0.3, 0.4) is 0 Å². The van der Waals surface area contributed by atoms with E-state index < -0.39 is 0 Å². The van der Waals surface area contributed by atoms with Crippen LogP contribution < -0.4 is 5.32 Å². The lowest BCUT2D eigenvalue weighted by Crippen LogP contribution is -2.38. The zero-order valence-corrected chi connectivity index (χ0v) is 15.5. The maximum Gasteiger partial charge on any atom is 0.239 e.